The third-order valence-electron chi connectivity index (χ3n) is 4.25. The Bertz CT molecular complexity index is 896. The summed E-state index contributed by atoms with van der Waals surface area (Å²) in [5.41, 5.74) is 2.01. The van der Waals surface area contributed by atoms with Gasteiger partial charge in [-0.2, -0.15) is 5.10 Å². The van der Waals surface area contributed by atoms with E-state index in [0.717, 1.165) is 41.2 Å². The molecular weight excluding hydrogens is 333 g/mol. The van der Waals surface area contributed by atoms with E-state index >= 15 is 0 Å². The molecule has 138 valence electrons. The Morgan fingerprint density at radius 1 is 1.42 bits per heavy atom. The van der Waals surface area contributed by atoms with Crippen LogP contribution >= 0.6 is 0 Å². The zero-order valence-electron chi connectivity index (χ0n) is 15.3. The van der Waals surface area contributed by atoms with Crippen molar-refractivity contribution in [3.05, 3.63) is 47.9 Å². The van der Waals surface area contributed by atoms with Crippen molar-refractivity contribution < 1.29 is 4.39 Å². The summed E-state index contributed by atoms with van der Waals surface area (Å²) in [5.74, 6) is 1.45. The molecule has 2 aromatic heterocycles. The molecule has 0 aliphatic carbocycles. The van der Waals surface area contributed by atoms with Crippen LogP contribution in [0.15, 0.2) is 35.7 Å². The number of H-pyrrole nitrogens is 1. The molecule has 0 radical (unpaired) electrons. The monoisotopic (exact) mass is 357 g/mol. The number of benzene rings is 1. The molecule has 1 aromatic carbocycles. The summed E-state index contributed by atoms with van der Waals surface area (Å²) in [4.78, 5) is 14.1. The topological polar surface area (TPSA) is 74.1 Å². The molecule has 0 saturated carbocycles. The molecule has 0 amide bonds. The van der Waals surface area contributed by atoms with Gasteiger partial charge in [-0.15, -0.1) is 0 Å². The maximum Gasteiger partial charge on any atom is 0.194 e. The lowest BCUT2D eigenvalue weighted by atomic mass is 10.1. The van der Waals surface area contributed by atoms with Crippen LogP contribution in [0.25, 0.3) is 10.9 Å². The molecule has 2 N–H and O–H groups in total. The van der Waals surface area contributed by atoms with Crippen LogP contribution in [0.5, 0.6) is 0 Å². The molecule has 0 saturated heterocycles. The number of aliphatic imine (C=N–C) groups is 1. The Kier molecular flexibility index (Phi) is 5.50. The molecule has 0 aliphatic heterocycles. The van der Waals surface area contributed by atoms with E-state index in [2.05, 4.69) is 20.4 Å². The predicted octanol–water partition coefficient (Wildman–Crippen LogP) is 2.08. The number of aromatic nitrogens is 4. The van der Waals surface area contributed by atoms with E-state index in [1.165, 1.54) is 6.07 Å². The van der Waals surface area contributed by atoms with Gasteiger partial charge < -0.3 is 15.2 Å². The van der Waals surface area contributed by atoms with Crippen LogP contribution in [0.1, 0.15) is 18.3 Å². The lowest BCUT2D eigenvalue weighted by Crippen LogP contribution is -2.39. The lowest BCUT2D eigenvalue weighted by molar-refractivity contribution is 0.449. The zero-order valence-corrected chi connectivity index (χ0v) is 15.3. The first kappa shape index (κ1) is 17.9. The van der Waals surface area contributed by atoms with Gasteiger partial charge in [0.15, 0.2) is 5.96 Å². The molecule has 0 fully saturated rings. The van der Waals surface area contributed by atoms with Crippen LogP contribution in [0.2, 0.25) is 0 Å². The predicted molar refractivity (Wildman–Crippen MR) is 100 cm³/mol. The standard InChI is InChI=1S/C18H24FN7/c1-4-20-18(25(2)11-17-23-12-24-26(17)3)21-8-7-13-10-22-16-6-5-14(19)9-15(13)16/h5-6,9-10,12,22H,4,7-8,11H2,1-3H3,(H,20,21). The molecule has 0 atom stereocenters. The lowest BCUT2D eigenvalue weighted by Gasteiger charge is -2.21. The average Bonchev–Trinajstić information content (AvgIpc) is 3.20. The Morgan fingerprint density at radius 3 is 3.00 bits per heavy atom. The van der Waals surface area contributed by atoms with Gasteiger partial charge in [0.1, 0.15) is 18.0 Å². The van der Waals surface area contributed by atoms with Crippen molar-refractivity contribution in [2.75, 3.05) is 20.1 Å². The fourth-order valence-electron chi connectivity index (χ4n) is 2.86. The van der Waals surface area contributed by atoms with E-state index in [0.29, 0.717) is 13.1 Å². The summed E-state index contributed by atoms with van der Waals surface area (Å²) in [6.07, 6.45) is 4.20. The Hall–Kier alpha value is -2.90. The minimum Gasteiger partial charge on any atom is -0.361 e. The molecule has 26 heavy (non-hydrogen) atoms. The molecule has 3 rings (SSSR count). The molecule has 8 heteroatoms. The van der Waals surface area contributed by atoms with Gasteiger partial charge in [0.2, 0.25) is 0 Å². The summed E-state index contributed by atoms with van der Waals surface area (Å²) < 4.78 is 15.2. The second-order valence-corrected chi connectivity index (χ2v) is 6.15. The number of halogens is 1. The van der Waals surface area contributed by atoms with Crippen molar-refractivity contribution in [2.24, 2.45) is 12.0 Å². The number of fused-ring (bicyclic) bond motifs is 1. The Balaban J connectivity index is 1.68. The minimum atomic E-state index is -0.224. The molecule has 0 unspecified atom stereocenters. The molecule has 7 nitrogen and oxygen atoms in total. The van der Waals surface area contributed by atoms with E-state index in [-0.39, 0.29) is 5.82 Å². The number of aryl methyl sites for hydroxylation is 1. The SMILES string of the molecule is CCNC(=NCCc1c[nH]c2ccc(F)cc12)N(C)Cc1ncnn1C. The van der Waals surface area contributed by atoms with E-state index < -0.39 is 0 Å². The maximum atomic E-state index is 13.5. The van der Waals surface area contributed by atoms with Gasteiger partial charge in [-0.3, -0.25) is 9.67 Å². The van der Waals surface area contributed by atoms with Crippen LogP contribution < -0.4 is 5.32 Å². The first-order valence-electron chi connectivity index (χ1n) is 8.66. The van der Waals surface area contributed by atoms with Gasteiger partial charge in [-0.1, -0.05) is 0 Å². The molecular formula is C18H24FN7. The van der Waals surface area contributed by atoms with Gasteiger partial charge in [0.05, 0.1) is 6.54 Å². The van der Waals surface area contributed by atoms with Crippen LogP contribution in [0, 0.1) is 5.82 Å². The van der Waals surface area contributed by atoms with E-state index in [1.807, 2.05) is 32.1 Å². The third kappa shape index (κ3) is 4.01. The fourth-order valence-corrected chi connectivity index (χ4v) is 2.86. The van der Waals surface area contributed by atoms with E-state index in [9.17, 15) is 4.39 Å². The van der Waals surface area contributed by atoms with Crippen molar-refractivity contribution in [3.8, 4) is 0 Å². The number of hydrogen-bond acceptors (Lipinski definition) is 3. The van der Waals surface area contributed by atoms with Crippen molar-refractivity contribution >= 4 is 16.9 Å². The average molecular weight is 357 g/mol. The van der Waals surface area contributed by atoms with Crippen molar-refractivity contribution in [3.63, 3.8) is 0 Å². The van der Waals surface area contributed by atoms with Crippen LogP contribution in [0.3, 0.4) is 0 Å². The highest BCUT2D eigenvalue weighted by molar-refractivity contribution is 5.83. The van der Waals surface area contributed by atoms with Gasteiger partial charge >= 0.3 is 0 Å². The summed E-state index contributed by atoms with van der Waals surface area (Å²) in [5, 5.41) is 8.30. The van der Waals surface area contributed by atoms with Crippen LogP contribution in [0.4, 0.5) is 4.39 Å². The van der Waals surface area contributed by atoms with Gasteiger partial charge in [0.25, 0.3) is 0 Å². The summed E-state index contributed by atoms with van der Waals surface area (Å²) in [7, 11) is 3.84. The van der Waals surface area contributed by atoms with Crippen molar-refractivity contribution in [2.45, 2.75) is 19.9 Å². The fraction of sp³-hybridized carbons (Fsp3) is 0.389. The minimum absolute atomic E-state index is 0.224. The van der Waals surface area contributed by atoms with Gasteiger partial charge in [0, 0.05) is 44.3 Å². The Labute approximate surface area is 151 Å². The second kappa shape index (κ2) is 7.99. The second-order valence-electron chi connectivity index (χ2n) is 6.15. The van der Waals surface area contributed by atoms with Gasteiger partial charge in [-0.05, 0) is 37.1 Å². The van der Waals surface area contributed by atoms with Gasteiger partial charge in [-0.25, -0.2) is 9.37 Å². The Morgan fingerprint density at radius 2 is 2.27 bits per heavy atom. The molecule has 0 bridgehead atoms. The third-order valence-corrected chi connectivity index (χ3v) is 4.25. The zero-order chi connectivity index (χ0) is 18.5. The largest absolute Gasteiger partial charge is 0.361 e. The first-order chi connectivity index (χ1) is 12.6. The molecule has 2 heterocycles. The number of nitrogens with zero attached hydrogens (tertiary/aromatic N) is 5. The van der Waals surface area contributed by atoms with E-state index in [4.69, 9.17) is 4.99 Å². The number of rotatable bonds is 6. The number of hydrogen-bond donors (Lipinski definition) is 2. The quantitative estimate of drug-likeness (QED) is 0.523. The summed E-state index contributed by atoms with van der Waals surface area (Å²) >= 11 is 0. The highest BCUT2D eigenvalue weighted by Gasteiger charge is 2.10. The maximum absolute atomic E-state index is 13.5. The van der Waals surface area contributed by atoms with Crippen LogP contribution in [-0.4, -0.2) is 50.7 Å². The summed E-state index contributed by atoms with van der Waals surface area (Å²) in [6.45, 7) is 4.03. The highest BCUT2D eigenvalue weighted by atomic mass is 19.1. The van der Waals surface area contributed by atoms with E-state index in [1.54, 1.807) is 23.1 Å². The highest BCUT2D eigenvalue weighted by Crippen LogP contribution is 2.19. The normalized spacial score (nSPS) is 11.9. The molecule has 0 spiro atoms. The number of guanidine groups is 1. The molecule has 0 aliphatic rings. The van der Waals surface area contributed by atoms with Crippen molar-refractivity contribution in [1.82, 2.24) is 30.0 Å². The molecule has 3 aromatic rings. The first-order valence-corrected chi connectivity index (χ1v) is 8.66. The number of aromatic amines is 1. The van der Waals surface area contributed by atoms with Crippen molar-refractivity contribution in [1.29, 1.82) is 0 Å². The smallest absolute Gasteiger partial charge is 0.194 e. The number of nitrogens with one attached hydrogen (secondary N) is 2. The summed E-state index contributed by atoms with van der Waals surface area (Å²) in [6, 6.07) is 4.79. The van der Waals surface area contributed by atoms with Crippen LogP contribution in [-0.2, 0) is 20.0 Å².